The minimum Gasteiger partial charge on any atom is -0.335 e. The second-order valence-corrected chi connectivity index (χ2v) is 6.91. The zero-order valence-electron chi connectivity index (χ0n) is 12.4. The highest BCUT2D eigenvalue weighted by atomic mass is 32.1. The van der Waals surface area contributed by atoms with E-state index in [0.717, 1.165) is 32.5 Å². The Morgan fingerprint density at radius 2 is 2.20 bits per heavy atom. The normalized spacial score (nSPS) is 17.4. The number of thiophene rings is 1. The standard InChI is InChI=1S/C15H25N3OS/c1-12(2)11-18-7-5-13(6-8-18)17-15(19)16-10-14-4-3-9-20-14/h3-4,9,12-13H,5-8,10-11H2,1-2H3,(H2,16,17,19). The highest BCUT2D eigenvalue weighted by molar-refractivity contribution is 7.09. The number of likely N-dealkylation sites (tertiary alicyclic amines) is 1. The second kappa shape index (κ2) is 7.64. The lowest BCUT2D eigenvalue weighted by Gasteiger charge is -2.33. The molecule has 0 unspecified atom stereocenters. The highest BCUT2D eigenvalue weighted by Gasteiger charge is 2.20. The number of carbonyl (C=O) groups is 1. The minimum absolute atomic E-state index is 0.0410. The van der Waals surface area contributed by atoms with Gasteiger partial charge in [-0.3, -0.25) is 0 Å². The Morgan fingerprint density at radius 3 is 2.80 bits per heavy atom. The number of hydrogen-bond donors (Lipinski definition) is 2. The largest absolute Gasteiger partial charge is 0.335 e. The molecule has 20 heavy (non-hydrogen) atoms. The summed E-state index contributed by atoms with van der Waals surface area (Å²) in [6.45, 7) is 8.47. The van der Waals surface area contributed by atoms with Crippen LogP contribution in [0.2, 0.25) is 0 Å². The molecule has 112 valence electrons. The summed E-state index contributed by atoms with van der Waals surface area (Å²) in [7, 11) is 0. The Bertz CT molecular complexity index is 397. The molecule has 0 radical (unpaired) electrons. The zero-order valence-corrected chi connectivity index (χ0v) is 13.2. The predicted molar refractivity (Wildman–Crippen MR) is 84.0 cm³/mol. The van der Waals surface area contributed by atoms with Crippen molar-refractivity contribution in [1.29, 1.82) is 0 Å². The van der Waals surface area contributed by atoms with Crippen LogP contribution in [-0.4, -0.2) is 36.6 Å². The van der Waals surface area contributed by atoms with E-state index < -0.39 is 0 Å². The van der Waals surface area contributed by atoms with E-state index in [2.05, 4.69) is 29.4 Å². The van der Waals surface area contributed by atoms with E-state index in [1.807, 2.05) is 17.5 Å². The van der Waals surface area contributed by atoms with Gasteiger partial charge in [-0.05, 0) is 30.2 Å². The molecular weight excluding hydrogens is 270 g/mol. The molecule has 2 rings (SSSR count). The van der Waals surface area contributed by atoms with Crippen LogP contribution in [0.3, 0.4) is 0 Å². The van der Waals surface area contributed by atoms with Crippen LogP contribution in [0, 0.1) is 5.92 Å². The van der Waals surface area contributed by atoms with Crippen molar-refractivity contribution in [3.8, 4) is 0 Å². The quantitative estimate of drug-likeness (QED) is 0.877. The summed E-state index contributed by atoms with van der Waals surface area (Å²) < 4.78 is 0. The van der Waals surface area contributed by atoms with Crippen molar-refractivity contribution in [3.63, 3.8) is 0 Å². The molecule has 0 aromatic carbocycles. The van der Waals surface area contributed by atoms with Crippen molar-refractivity contribution >= 4 is 17.4 Å². The fourth-order valence-corrected chi connectivity index (χ4v) is 3.24. The van der Waals surface area contributed by atoms with E-state index in [9.17, 15) is 4.79 Å². The van der Waals surface area contributed by atoms with E-state index in [-0.39, 0.29) is 6.03 Å². The van der Waals surface area contributed by atoms with Gasteiger partial charge >= 0.3 is 6.03 Å². The Balaban J connectivity index is 1.63. The molecule has 1 aliphatic rings. The van der Waals surface area contributed by atoms with Crippen molar-refractivity contribution in [2.75, 3.05) is 19.6 Å². The van der Waals surface area contributed by atoms with Gasteiger partial charge in [-0.25, -0.2) is 4.79 Å². The van der Waals surface area contributed by atoms with E-state index in [1.165, 1.54) is 4.88 Å². The number of rotatable bonds is 5. The zero-order chi connectivity index (χ0) is 14.4. The molecule has 5 heteroatoms. The van der Waals surface area contributed by atoms with E-state index in [4.69, 9.17) is 0 Å². The molecule has 1 aromatic rings. The molecule has 0 bridgehead atoms. The number of carbonyl (C=O) groups excluding carboxylic acids is 1. The van der Waals surface area contributed by atoms with Crippen molar-refractivity contribution < 1.29 is 4.79 Å². The molecule has 0 aliphatic carbocycles. The first-order valence-electron chi connectivity index (χ1n) is 7.42. The topological polar surface area (TPSA) is 44.4 Å². The first-order valence-corrected chi connectivity index (χ1v) is 8.30. The Morgan fingerprint density at radius 1 is 1.45 bits per heavy atom. The van der Waals surface area contributed by atoms with Gasteiger partial charge in [-0.2, -0.15) is 0 Å². The van der Waals surface area contributed by atoms with Crippen LogP contribution in [0.25, 0.3) is 0 Å². The molecule has 1 aromatic heterocycles. The molecule has 1 fully saturated rings. The number of amides is 2. The van der Waals surface area contributed by atoms with Gasteiger partial charge in [0.2, 0.25) is 0 Å². The molecule has 2 heterocycles. The van der Waals surface area contributed by atoms with Crippen molar-refractivity contribution in [1.82, 2.24) is 15.5 Å². The number of nitrogens with one attached hydrogen (secondary N) is 2. The van der Waals surface area contributed by atoms with Crippen LogP contribution < -0.4 is 10.6 Å². The SMILES string of the molecule is CC(C)CN1CCC(NC(=O)NCc2cccs2)CC1. The number of nitrogens with zero attached hydrogens (tertiary/aromatic N) is 1. The van der Waals surface area contributed by atoms with Gasteiger partial charge in [-0.15, -0.1) is 11.3 Å². The molecule has 2 amide bonds. The van der Waals surface area contributed by atoms with Gasteiger partial charge in [-0.1, -0.05) is 19.9 Å². The molecule has 0 saturated carbocycles. The smallest absolute Gasteiger partial charge is 0.315 e. The van der Waals surface area contributed by atoms with Gasteiger partial charge in [0.05, 0.1) is 6.54 Å². The van der Waals surface area contributed by atoms with Crippen molar-refractivity contribution in [3.05, 3.63) is 22.4 Å². The summed E-state index contributed by atoms with van der Waals surface area (Å²) in [5.74, 6) is 0.716. The number of piperidine rings is 1. The summed E-state index contributed by atoms with van der Waals surface area (Å²) >= 11 is 1.67. The van der Waals surface area contributed by atoms with Gasteiger partial charge < -0.3 is 15.5 Å². The summed E-state index contributed by atoms with van der Waals surface area (Å²) in [5.41, 5.74) is 0. The van der Waals surface area contributed by atoms with E-state index in [1.54, 1.807) is 11.3 Å². The molecule has 1 aliphatic heterocycles. The maximum Gasteiger partial charge on any atom is 0.315 e. The average Bonchev–Trinajstić information content (AvgIpc) is 2.91. The molecular formula is C15H25N3OS. The first-order chi connectivity index (χ1) is 9.63. The van der Waals surface area contributed by atoms with Crippen LogP contribution in [0.15, 0.2) is 17.5 Å². The summed E-state index contributed by atoms with van der Waals surface area (Å²) in [4.78, 5) is 15.5. The fourth-order valence-electron chi connectivity index (χ4n) is 2.59. The van der Waals surface area contributed by atoms with Gasteiger partial charge in [0.25, 0.3) is 0 Å². The lowest BCUT2D eigenvalue weighted by molar-refractivity contribution is 0.178. The third kappa shape index (κ3) is 5.13. The lowest BCUT2D eigenvalue weighted by atomic mass is 10.0. The van der Waals surface area contributed by atoms with Crippen LogP contribution in [0.4, 0.5) is 4.79 Å². The Kier molecular flexibility index (Phi) is 5.86. The van der Waals surface area contributed by atoms with Gasteiger partial charge in [0.15, 0.2) is 0 Å². The Hall–Kier alpha value is -1.07. The summed E-state index contributed by atoms with van der Waals surface area (Å²) in [6.07, 6.45) is 2.11. The molecule has 0 spiro atoms. The minimum atomic E-state index is -0.0410. The maximum absolute atomic E-state index is 11.8. The van der Waals surface area contributed by atoms with Crippen LogP contribution >= 0.6 is 11.3 Å². The summed E-state index contributed by atoms with van der Waals surface area (Å²) in [6, 6.07) is 4.32. The first kappa shape index (κ1) is 15.3. The second-order valence-electron chi connectivity index (χ2n) is 5.88. The lowest BCUT2D eigenvalue weighted by Crippen LogP contribution is -2.48. The Labute approximate surface area is 125 Å². The van der Waals surface area contributed by atoms with Crippen LogP contribution in [0.1, 0.15) is 31.6 Å². The predicted octanol–water partition coefficient (Wildman–Crippen LogP) is 2.67. The summed E-state index contributed by atoms with van der Waals surface area (Å²) in [5, 5.41) is 8.03. The molecule has 0 atom stereocenters. The van der Waals surface area contributed by atoms with Crippen LogP contribution in [0.5, 0.6) is 0 Å². The highest BCUT2D eigenvalue weighted by Crippen LogP contribution is 2.12. The maximum atomic E-state index is 11.8. The third-order valence-electron chi connectivity index (χ3n) is 3.55. The van der Waals surface area contributed by atoms with Gasteiger partial charge in [0.1, 0.15) is 0 Å². The van der Waals surface area contributed by atoms with Crippen LogP contribution in [-0.2, 0) is 6.54 Å². The fraction of sp³-hybridized carbons (Fsp3) is 0.667. The van der Waals surface area contributed by atoms with Gasteiger partial charge in [0, 0.05) is 30.6 Å². The third-order valence-corrected chi connectivity index (χ3v) is 4.43. The van der Waals surface area contributed by atoms with Crippen molar-refractivity contribution in [2.45, 2.75) is 39.3 Å². The molecule has 1 saturated heterocycles. The molecule has 2 N–H and O–H groups in total. The number of hydrogen-bond acceptors (Lipinski definition) is 3. The molecule has 4 nitrogen and oxygen atoms in total. The van der Waals surface area contributed by atoms with E-state index in [0.29, 0.717) is 18.5 Å². The number of urea groups is 1. The van der Waals surface area contributed by atoms with E-state index >= 15 is 0 Å². The monoisotopic (exact) mass is 295 g/mol. The van der Waals surface area contributed by atoms with Crippen molar-refractivity contribution in [2.24, 2.45) is 5.92 Å². The average molecular weight is 295 g/mol.